The summed E-state index contributed by atoms with van der Waals surface area (Å²) in [5, 5.41) is 13.9. The summed E-state index contributed by atoms with van der Waals surface area (Å²) in [7, 11) is 0. The van der Waals surface area contributed by atoms with Crippen molar-refractivity contribution in [3.63, 3.8) is 0 Å². The summed E-state index contributed by atoms with van der Waals surface area (Å²) >= 11 is 0. The monoisotopic (exact) mass is 323 g/mol. The molecule has 2 aromatic heterocycles. The summed E-state index contributed by atoms with van der Waals surface area (Å²) < 4.78 is 1.36. The van der Waals surface area contributed by atoms with Gasteiger partial charge in [-0.05, 0) is 43.2 Å². The first kappa shape index (κ1) is 15.9. The number of nitrogens with zero attached hydrogens (tertiary/aromatic N) is 3. The molecule has 0 amide bonds. The number of rotatable bonds is 4. The van der Waals surface area contributed by atoms with Crippen LogP contribution in [0.5, 0.6) is 0 Å². The van der Waals surface area contributed by atoms with Crippen molar-refractivity contribution in [3.05, 3.63) is 47.4 Å². The zero-order valence-electron chi connectivity index (χ0n) is 13.7. The van der Waals surface area contributed by atoms with Crippen molar-refractivity contribution in [2.75, 3.05) is 0 Å². The zero-order valence-corrected chi connectivity index (χ0v) is 13.7. The smallest absolute Gasteiger partial charge is 0.325 e. The standard InChI is InChI=1S/C18H17N3O3/c1-10-6-16-15(7-14(10)13-5-4-11(2)19-8-13)18(12(3)22)20-21(16)9-17(23)24/h4-8H,9H2,1-3H3,(H,23,24). The number of carbonyl (C=O) groups is 2. The number of aryl methyl sites for hydroxylation is 2. The van der Waals surface area contributed by atoms with Gasteiger partial charge in [0.05, 0.1) is 5.52 Å². The molecule has 3 aromatic rings. The van der Waals surface area contributed by atoms with E-state index < -0.39 is 5.97 Å². The third kappa shape index (κ3) is 2.78. The van der Waals surface area contributed by atoms with Crippen molar-refractivity contribution in [2.24, 2.45) is 0 Å². The molecule has 6 nitrogen and oxygen atoms in total. The highest BCUT2D eigenvalue weighted by Gasteiger charge is 2.18. The van der Waals surface area contributed by atoms with Crippen LogP contribution >= 0.6 is 0 Å². The van der Waals surface area contributed by atoms with E-state index in [1.165, 1.54) is 11.6 Å². The topological polar surface area (TPSA) is 85.1 Å². The number of carbonyl (C=O) groups excluding carboxylic acids is 1. The van der Waals surface area contributed by atoms with Gasteiger partial charge in [-0.2, -0.15) is 5.10 Å². The summed E-state index contributed by atoms with van der Waals surface area (Å²) in [4.78, 5) is 27.3. The Labute approximate surface area is 138 Å². The van der Waals surface area contributed by atoms with Crippen LogP contribution in [0.3, 0.4) is 0 Å². The number of hydrogen-bond donors (Lipinski definition) is 1. The molecule has 2 heterocycles. The maximum Gasteiger partial charge on any atom is 0.325 e. The average Bonchev–Trinajstić information content (AvgIpc) is 2.85. The van der Waals surface area contributed by atoms with Crippen LogP contribution in [-0.4, -0.2) is 31.6 Å². The highest BCUT2D eigenvalue weighted by atomic mass is 16.4. The molecule has 122 valence electrons. The lowest BCUT2D eigenvalue weighted by Gasteiger charge is -2.08. The van der Waals surface area contributed by atoms with Crippen molar-refractivity contribution >= 4 is 22.7 Å². The number of benzene rings is 1. The van der Waals surface area contributed by atoms with Crippen molar-refractivity contribution in [1.82, 2.24) is 14.8 Å². The second-order valence-electron chi connectivity index (χ2n) is 5.83. The van der Waals surface area contributed by atoms with Crippen LogP contribution in [0.4, 0.5) is 0 Å². The lowest BCUT2D eigenvalue weighted by molar-refractivity contribution is -0.137. The fourth-order valence-electron chi connectivity index (χ4n) is 2.77. The molecule has 0 saturated carbocycles. The minimum absolute atomic E-state index is 0.194. The molecule has 0 fully saturated rings. The zero-order chi connectivity index (χ0) is 17.4. The van der Waals surface area contributed by atoms with Crippen molar-refractivity contribution in [2.45, 2.75) is 27.3 Å². The van der Waals surface area contributed by atoms with E-state index in [0.29, 0.717) is 10.9 Å². The van der Waals surface area contributed by atoms with E-state index in [4.69, 9.17) is 5.11 Å². The first-order valence-corrected chi connectivity index (χ1v) is 7.53. The molecule has 0 aliphatic rings. The van der Waals surface area contributed by atoms with Crippen LogP contribution in [0, 0.1) is 13.8 Å². The molecule has 0 bridgehead atoms. The van der Waals surface area contributed by atoms with Crippen LogP contribution in [0.15, 0.2) is 30.5 Å². The third-order valence-corrected chi connectivity index (χ3v) is 3.94. The quantitative estimate of drug-likeness (QED) is 0.746. The summed E-state index contributed by atoms with van der Waals surface area (Å²) in [5.74, 6) is -1.19. The number of carboxylic acid groups (broad SMARTS) is 1. The molecular weight excluding hydrogens is 306 g/mol. The van der Waals surface area contributed by atoms with Crippen LogP contribution in [0.25, 0.3) is 22.0 Å². The van der Waals surface area contributed by atoms with Crippen LogP contribution in [-0.2, 0) is 11.3 Å². The van der Waals surface area contributed by atoms with E-state index in [1.54, 1.807) is 6.20 Å². The Morgan fingerprint density at radius 1 is 1.21 bits per heavy atom. The minimum atomic E-state index is -1.00. The second kappa shape index (κ2) is 5.88. The highest BCUT2D eigenvalue weighted by molar-refractivity contribution is 6.06. The fraction of sp³-hybridized carbons (Fsp3) is 0.222. The van der Waals surface area contributed by atoms with Gasteiger partial charge in [0.25, 0.3) is 0 Å². The predicted octanol–water partition coefficient (Wildman–Crippen LogP) is 3.00. The van der Waals surface area contributed by atoms with Gasteiger partial charge in [-0.25, -0.2) is 0 Å². The van der Waals surface area contributed by atoms with E-state index in [2.05, 4.69) is 10.1 Å². The van der Waals surface area contributed by atoms with Gasteiger partial charge in [-0.3, -0.25) is 19.3 Å². The largest absolute Gasteiger partial charge is 0.480 e. The third-order valence-electron chi connectivity index (χ3n) is 3.94. The molecule has 0 aliphatic carbocycles. The summed E-state index contributed by atoms with van der Waals surface area (Å²) in [5.41, 5.74) is 4.72. The van der Waals surface area contributed by atoms with Gasteiger partial charge in [0.2, 0.25) is 0 Å². The Hall–Kier alpha value is -3.02. The normalized spacial score (nSPS) is 11.0. The Morgan fingerprint density at radius 2 is 1.96 bits per heavy atom. The SMILES string of the molecule is CC(=O)c1nn(CC(=O)O)c2cc(C)c(-c3ccc(C)nc3)cc12. The summed E-state index contributed by atoms with van der Waals surface area (Å²) in [6.45, 7) is 5.01. The molecule has 0 radical (unpaired) electrons. The summed E-state index contributed by atoms with van der Waals surface area (Å²) in [6.07, 6.45) is 1.79. The number of Topliss-reactive ketones (excluding diaryl/α,β-unsaturated/α-hetero) is 1. The van der Waals surface area contributed by atoms with Gasteiger partial charge in [0.15, 0.2) is 5.78 Å². The Balaban J connectivity index is 2.25. The van der Waals surface area contributed by atoms with E-state index in [-0.39, 0.29) is 18.0 Å². The predicted molar refractivity (Wildman–Crippen MR) is 90.1 cm³/mol. The van der Waals surface area contributed by atoms with Crippen molar-refractivity contribution in [1.29, 1.82) is 0 Å². The number of hydrogen-bond acceptors (Lipinski definition) is 4. The maximum absolute atomic E-state index is 11.9. The molecule has 1 N–H and O–H groups in total. The lowest BCUT2D eigenvalue weighted by Crippen LogP contribution is -2.10. The first-order chi connectivity index (χ1) is 11.4. The van der Waals surface area contributed by atoms with Crippen molar-refractivity contribution < 1.29 is 14.7 Å². The van der Waals surface area contributed by atoms with Crippen molar-refractivity contribution in [3.8, 4) is 11.1 Å². The van der Waals surface area contributed by atoms with E-state index in [1.807, 2.05) is 38.1 Å². The molecule has 0 spiro atoms. The highest BCUT2D eigenvalue weighted by Crippen LogP contribution is 2.30. The number of pyridine rings is 1. The van der Waals surface area contributed by atoms with Crippen LogP contribution in [0.1, 0.15) is 28.7 Å². The molecule has 1 aromatic carbocycles. The lowest BCUT2D eigenvalue weighted by atomic mass is 9.98. The van der Waals surface area contributed by atoms with Gasteiger partial charge in [0, 0.05) is 29.8 Å². The molecule has 0 saturated heterocycles. The van der Waals surface area contributed by atoms with Gasteiger partial charge in [-0.15, -0.1) is 0 Å². The molecule has 3 rings (SSSR count). The summed E-state index contributed by atoms with van der Waals surface area (Å²) in [6, 6.07) is 7.66. The maximum atomic E-state index is 11.9. The van der Waals surface area contributed by atoms with Gasteiger partial charge in [0.1, 0.15) is 12.2 Å². The Morgan fingerprint density at radius 3 is 2.54 bits per heavy atom. The second-order valence-corrected chi connectivity index (χ2v) is 5.83. The molecule has 0 aliphatic heterocycles. The fourth-order valence-corrected chi connectivity index (χ4v) is 2.77. The Kier molecular flexibility index (Phi) is 3.89. The van der Waals surface area contributed by atoms with E-state index in [0.717, 1.165) is 22.4 Å². The Bertz CT molecular complexity index is 956. The molecule has 0 atom stereocenters. The average molecular weight is 323 g/mol. The number of fused-ring (bicyclic) bond motifs is 1. The van der Waals surface area contributed by atoms with E-state index >= 15 is 0 Å². The van der Waals surface area contributed by atoms with Crippen LogP contribution < -0.4 is 0 Å². The van der Waals surface area contributed by atoms with Crippen LogP contribution in [0.2, 0.25) is 0 Å². The molecular formula is C18H17N3O3. The molecule has 6 heteroatoms. The number of aliphatic carboxylic acids is 1. The number of carboxylic acids is 1. The number of ketones is 1. The molecule has 24 heavy (non-hydrogen) atoms. The number of aromatic nitrogens is 3. The van der Waals surface area contributed by atoms with Gasteiger partial charge in [-0.1, -0.05) is 6.07 Å². The molecule has 0 unspecified atom stereocenters. The first-order valence-electron chi connectivity index (χ1n) is 7.53. The van der Waals surface area contributed by atoms with Gasteiger partial charge < -0.3 is 5.11 Å². The van der Waals surface area contributed by atoms with E-state index in [9.17, 15) is 9.59 Å². The minimum Gasteiger partial charge on any atom is -0.480 e. The van der Waals surface area contributed by atoms with Gasteiger partial charge >= 0.3 is 5.97 Å².